The van der Waals surface area contributed by atoms with E-state index in [1.54, 1.807) is 19.2 Å². The van der Waals surface area contributed by atoms with Crippen LogP contribution in [-0.4, -0.2) is 9.97 Å². The molecular formula is C12H9F2IN2O. The van der Waals surface area contributed by atoms with Crippen LogP contribution in [0.25, 0.3) is 0 Å². The fourth-order valence-corrected chi connectivity index (χ4v) is 1.85. The van der Waals surface area contributed by atoms with Gasteiger partial charge in [-0.3, -0.25) is 0 Å². The summed E-state index contributed by atoms with van der Waals surface area (Å²) in [6.07, 6.45) is 0.513. The average molecular weight is 362 g/mol. The molecule has 94 valence electrons. The zero-order chi connectivity index (χ0) is 13.1. The van der Waals surface area contributed by atoms with Crippen LogP contribution in [0.1, 0.15) is 17.6 Å². The van der Waals surface area contributed by atoms with Gasteiger partial charge in [0, 0.05) is 11.8 Å². The summed E-state index contributed by atoms with van der Waals surface area (Å²) >= 11 is 2.04. The molecule has 0 fully saturated rings. The molecule has 0 amide bonds. The molecule has 18 heavy (non-hydrogen) atoms. The van der Waals surface area contributed by atoms with Gasteiger partial charge in [0.15, 0.2) is 0 Å². The largest absolute Gasteiger partial charge is 0.438 e. The van der Waals surface area contributed by atoms with Gasteiger partial charge in [0.2, 0.25) is 5.88 Å². The zero-order valence-corrected chi connectivity index (χ0v) is 11.6. The number of halogens is 3. The maximum atomic E-state index is 12.6. The van der Waals surface area contributed by atoms with Gasteiger partial charge in [0.05, 0.1) is 3.57 Å². The van der Waals surface area contributed by atoms with Gasteiger partial charge in [-0.25, -0.2) is 18.7 Å². The summed E-state index contributed by atoms with van der Waals surface area (Å²) in [4.78, 5) is 7.82. The highest BCUT2D eigenvalue weighted by Gasteiger charge is 2.11. The van der Waals surface area contributed by atoms with Crippen molar-refractivity contribution in [2.75, 3.05) is 0 Å². The molecule has 6 heteroatoms. The molecule has 0 saturated heterocycles. The predicted molar refractivity (Wildman–Crippen MR) is 71.0 cm³/mol. The van der Waals surface area contributed by atoms with Crippen molar-refractivity contribution in [2.45, 2.75) is 13.3 Å². The van der Waals surface area contributed by atoms with Gasteiger partial charge < -0.3 is 4.74 Å². The third-order valence-electron chi connectivity index (χ3n) is 2.32. The van der Waals surface area contributed by atoms with E-state index in [-0.39, 0.29) is 5.56 Å². The minimum atomic E-state index is -2.47. The van der Waals surface area contributed by atoms with Crippen LogP contribution in [0.4, 0.5) is 8.78 Å². The molecule has 2 aromatic rings. The van der Waals surface area contributed by atoms with Crippen LogP contribution in [0.15, 0.2) is 30.7 Å². The number of nitrogens with zero attached hydrogens (tertiary/aromatic N) is 2. The molecule has 1 aromatic heterocycles. The number of aryl methyl sites for hydroxylation is 1. The van der Waals surface area contributed by atoms with Gasteiger partial charge in [0.1, 0.15) is 12.1 Å². The minimum Gasteiger partial charge on any atom is -0.438 e. The monoisotopic (exact) mass is 362 g/mol. The molecule has 0 saturated carbocycles. The highest BCUT2D eigenvalue weighted by atomic mass is 127. The second-order valence-corrected chi connectivity index (χ2v) is 4.76. The molecule has 1 heterocycles. The fourth-order valence-electron chi connectivity index (χ4n) is 1.44. The van der Waals surface area contributed by atoms with Gasteiger partial charge in [0.25, 0.3) is 6.43 Å². The Bertz CT molecular complexity index is 564. The first-order valence-electron chi connectivity index (χ1n) is 5.10. The minimum absolute atomic E-state index is 0.0136. The van der Waals surface area contributed by atoms with Crippen LogP contribution in [-0.2, 0) is 0 Å². The van der Waals surface area contributed by atoms with Gasteiger partial charge in [-0.1, -0.05) is 0 Å². The third kappa shape index (κ3) is 2.92. The van der Waals surface area contributed by atoms with Gasteiger partial charge in [-0.05, 0) is 53.3 Å². The highest BCUT2D eigenvalue weighted by Crippen LogP contribution is 2.29. The van der Waals surface area contributed by atoms with Crippen molar-refractivity contribution in [1.82, 2.24) is 9.97 Å². The molecule has 0 spiro atoms. The van der Waals surface area contributed by atoms with Crippen LogP contribution in [0, 0.1) is 10.5 Å². The van der Waals surface area contributed by atoms with E-state index in [0.717, 1.165) is 3.57 Å². The number of hydrogen-bond acceptors (Lipinski definition) is 3. The lowest BCUT2D eigenvalue weighted by Crippen LogP contribution is -1.94. The molecule has 0 bridgehead atoms. The second kappa shape index (κ2) is 5.55. The second-order valence-electron chi connectivity index (χ2n) is 3.60. The Balaban J connectivity index is 2.26. The summed E-state index contributed by atoms with van der Waals surface area (Å²) in [6.45, 7) is 1.62. The maximum Gasteiger partial charge on any atom is 0.264 e. The SMILES string of the molecule is Cc1cc(Oc2ncncc2I)ccc1C(F)F. The lowest BCUT2D eigenvalue weighted by atomic mass is 10.1. The Morgan fingerprint density at radius 1 is 1.33 bits per heavy atom. The van der Waals surface area contributed by atoms with Crippen molar-refractivity contribution >= 4 is 22.6 Å². The topological polar surface area (TPSA) is 35.0 Å². The van der Waals surface area contributed by atoms with Gasteiger partial charge in [-0.15, -0.1) is 0 Å². The van der Waals surface area contributed by atoms with Crippen molar-refractivity contribution in [1.29, 1.82) is 0 Å². The maximum absolute atomic E-state index is 12.6. The van der Waals surface area contributed by atoms with E-state index in [2.05, 4.69) is 9.97 Å². The Morgan fingerprint density at radius 2 is 2.11 bits per heavy atom. The number of rotatable bonds is 3. The van der Waals surface area contributed by atoms with Gasteiger partial charge >= 0.3 is 0 Å². The fraction of sp³-hybridized carbons (Fsp3) is 0.167. The molecule has 3 nitrogen and oxygen atoms in total. The van der Waals surface area contributed by atoms with Crippen molar-refractivity contribution in [3.05, 3.63) is 45.4 Å². The first-order valence-corrected chi connectivity index (χ1v) is 6.18. The summed E-state index contributed by atoms with van der Waals surface area (Å²) in [5.74, 6) is 0.892. The van der Waals surface area contributed by atoms with Crippen molar-refractivity contribution in [3.63, 3.8) is 0 Å². The predicted octanol–water partition coefficient (Wildman–Crippen LogP) is 4.12. The lowest BCUT2D eigenvalue weighted by molar-refractivity contribution is 0.150. The van der Waals surface area contributed by atoms with E-state index in [0.29, 0.717) is 17.2 Å². The summed E-state index contributed by atoms with van der Waals surface area (Å²) < 4.78 is 31.5. The van der Waals surface area contributed by atoms with E-state index in [9.17, 15) is 8.78 Å². The van der Waals surface area contributed by atoms with Crippen LogP contribution in [0.3, 0.4) is 0 Å². The molecule has 0 aliphatic rings. The van der Waals surface area contributed by atoms with E-state index in [1.807, 2.05) is 22.6 Å². The number of alkyl halides is 2. The zero-order valence-electron chi connectivity index (χ0n) is 9.40. The Labute approximate surface area is 116 Å². The number of aromatic nitrogens is 2. The summed E-state index contributed by atoms with van der Waals surface area (Å²) in [5, 5.41) is 0. The number of benzene rings is 1. The molecule has 1 aromatic carbocycles. The summed E-state index contributed by atoms with van der Waals surface area (Å²) in [5.41, 5.74) is 0.506. The Morgan fingerprint density at radius 3 is 2.72 bits per heavy atom. The number of ether oxygens (including phenoxy) is 1. The average Bonchev–Trinajstić information content (AvgIpc) is 2.32. The van der Waals surface area contributed by atoms with Crippen molar-refractivity contribution in [2.24, 2.45) is 0 Å². The van der Waals surface area contributed by atoms with E-state index >= 15 is 0 Å². The molecule has 0 aliphatic heterocycles. The van der Waals surface area contributed by atoms with Crippen LogP contribution in [0.2, 0.25) is 0 Å². The third-order valence-corrected chi connectivity index (χ3v) is 3.06. The van der Waals surface area contributed by atoms with E-state index in [1.165, 1.54) is 18.5 Å². The molecule has 0 unspecified atom stereocenters. The molecule has 0 aliphatic carbocycles. The van der Waals surface area contributed by atoms with Crippen molar-refractivity contribution < 1.29 is 13.5 Å². The Hall–Kier alpha value is -1.31. The molecular weight excluding hydrogens is 353 g/mol. The summed E-state index contributed by atoms with van der Waals surface area (Å²) in [7, 11) is 0. The standard InChI is InChI=1S/C12H9F2IN2O/c1-7-4-8(2-3-9(7)11(13)14)18-12-10(15)5-16-6-17-12/h2-6,11H,1H3. The van der Waals surface area contributed by atoms with Crippen LogP contribution < -0.4 is 4.74 Å². The summed E-state index contributed by atoms with van der Waals surface area (Å²) in [6, 6.07) is 4.44. The normalized spacial score (nSPS) is 10.7. The smallest absolute Gasteiger partial charge is 0.264 e. The highest BCUT2D eigenvalue weighted by molar-refractivity contribution is 14.1. The number of hydrogen-bond donors (Lipinski definition) is 0. The first kappa shape index (κ1) is 13.1. The molecule has 2 rings (SSSR count). The van der Waals surface area contributed by atoms with Crippen LogP contribution in [0.5, 0.6) is 11.6 Å². The molecule has 0 radical (unpaired) electrons. The van der Waals surface area contributed by atoms with E-state index < -0.39 is 6.43 Å². The lowest BCUT2D eigenvalue weighted by Gasteiger charge is -2.09. The quantitative estimate of drug-likeness (QED) is 0.771. The Kier molecular flexibility index (Phi) is 4.05. The molecule has 0 N–H and O–H groups in total. The van der Waals surface area contributed by atoms with E-state index in [4.69, 9.17) is 4.74 Å². The van der Waals surface area contributed by atoms with Crippen LogP contribution >= 0.6 is 22.6 Å². The van der Waals surface area contributed by atoms with Crippen molar-refractivity contribution in [3.8, 4) is 11.6 Å². The first-order chi connectivity index (χ1) is 8.58. The van der Waals surface area contributed by atoms with Gasteiger partial charge in [-0.2, -0.15) is 0 Å². The molecule has 0 atom stereocenters.